The molecule has 0 radical (unpaired) electrons. The number of benzene rings is 2. The van der Waals surface area contributed by atoms with Gasteiger partial charge in [0.2, 0.25) is 5.91 Å². The van der Waals surface area contributed by atoms with Gasteiger partial charge in [-0.15, -0.1) is 0 Å². The number of amides is 2. The van der Waals surface area contributed by atoms with Crippen LogP contribution in [0.25, 0.3) is 0 Å². The van der Waals surface area contributed by atoms with Gasteiger partial charge in [-0.3, -0.25) is 9.59 Å². The monoisotopic (exact) mass is 450 g/mol. The third-order valence-electron chi connectivity index (χ3n) is 6.46. The van der Waals surface area contributed by atoms with Crippen molar-refractivity contribution in [2.45, 2.75) is 40.0 Å². The SMILES string of the molecule is CCN(CC)CCNC(=O)c1cc(NC(=O)Cc2ccccc2)ccc1N1CCC(C)CC1. The summed E-state index contributed by atoms with van der Waals surface area (Å²) in [6.07, 6.45) is 2.55. The molecule has 2 N–H and O–H groups in total. The fourth-order valence-electron chi connectivity index (χ4n) is 4.27. The molecule has 3 rings (SSSR count). The van der Waals surface area contributed by atoms with E-state index in [0.717, 1.165) is 56.8 Å². The molecule has 1 fully saturated rings. The van der Waals surface area contributed by atoms with E-state index in [1.54, 1.807) is 0 Å². The van der Waals surface area contributed by atoms with Gasteiger partial charge in [-0.2, -0.15) is 0 Å². The second-order valence-electron chi connectivity index (χ2n) is 8.89. The molecule has 2 aromatic rings. The lowest BCUT2D eigenvalue weighted by molar-refractivity contribution is -0.115. The van der Waals surface area contributed by atoms with Gasteiger partial charge in [-0.25, -0.2) is 0 Å². The van der Waals surface area contributed by atoms with E-state index in [0.29, 0.717) is 30.1 Å². The Morgan fingerprint density at radius 2 is 1.73 bits per heavy atom. The number of piperidine rings is 1. The van der Waals surface area contributed by atoms with Gasteiger partial charge in [0, 0.05) is 37.6 Å². The van der Waals surface area contributed by atoms with Crippen molar-refractivity contribution >= 4 is 23.2 Å². The number of rotatable bonds is 10. The van der Waals surface area contributed by atoms with Gasteiger partial charge in [-0.1, -0.05) is 51.1 Å². The van der Waals surface area contributed by atoms with Crippen LogP contribution in [0.4, 0.5) is 11.4 Å². The van der Waals surface area contributed by atoms with E-state index >= 15 is 0 Å². The van der Waals surface area contributed by atoms with Gasteiger partial charge in [0.05, 0.1) is 12.0 Å². The van der Waals surface area contributed by atoms with Gasteiger partial charge < -0.3 is 20.4 Å². The summed E-state index contributed by atoms with van der Waals surface area (Å²) < 4.78 is 0. The zero-order chi connectivity index (χ0) is 23.6. The van der Waals surface area contributed by atoms with E-state index in [2.05, 4.69) is 41.2 Å². The summed E-state index contributed by atoms with van der Waals surface area (Å²) in [5, 5.41) is 6.06. The van der Waals surface area contributed by atoms with Crippen LogP contribution >= 0.6 is 0 Å². The second-order valence-corrected chi connectivity index (χ2v) is 8.89. The van der Waals surface area contributed by atoms with E-state index in [1.807, 2.05) is 48.5 Å². The number of nitrogens with zero attached hydrogens (tertiary/aromatic N) is 2. The molecule has 1 saturated heterocycles. The van der Waals surface area contributed by atoms with Crippen LogP contribution in [0.5, 0.6) is 0 Å². The average Bonchev–Trinajstić information content (AvgIpc) is 2.83. The highest BCUT2D eigenvalue weighted by Gasteiger charge is 2.22. The molecule has 1 heterocycles. The van der Waals surface area contributed by atoms with E-state index in [1.165, 1.54) is 0 Å². The lowest BCUT2D eigenvalue weighted by Crippen LogP contribution is -2.37. The Balaban J connectivity index is 1.74. The number of anilines is 2. The molecule has 0 aliphatic carbocycles. The van der Waals surface area contributed by atoms with Crippen molar-refractivity contribution in [3.05, 3.63) is 59.7 Å². The number of carbonyl (C=O) groups is 2. The molecule has 0 aromatic heterocycles. The summed E-state index contributed by atoms with van der Waals surface area (Å²) >= 11 is 0. The summed E-state index contributed by atoms with van der Waals surface area (Å²) in [6, 6.07) is 15.4. The van der Waals surface area contributed by atoms with Crippen molar-refractivity contribution in [3.8, 4) is 0 Å². The Morgan fingerprint density at radius 1 is 1.03 bits per heavy atom. The molecule has 6 nitrogen and oxygen atoms in total. The van der Waals surface area contributed by atoms with Crippen LogP contribution in [0.3, 0.4) is 0 Å². The van der Waals surface area contributed by atoms with Crippen molar-refractivity contribution in [1.29, 1.82) is 0 Å². The third-order valence-corrected chi connectivity index (χ3v) is 6.46. The average molecular weight is 451 g/mol. The number of hydrogen-bond acceptors (Lipinski definition) is 4. The summed E-state index contributed by atoms with van der Waals surface area (Å²) in [7, 11) is 0. The molecule has 1 aliphatic rings. The number of hydrogen-bond donors (Lipinski definition) is 2. The highest BCUT2D eigenvalue weighted by molar-refractivity contribution is 6.02. The maximum Gasteiger partial charge on any atom is 0.253 e. The number of carbonyl (C=O) groups excluding carboxylic acids is 2. The Bertz CT molecular complexity index is 904. The molecule has 0 saturated carbocycles. The summed E-state index contributed by atoms with van der Waals surface area (Å²) in [6.45, 7) is 11.8. The highest BCUT2D eigenvalue weighted by atomic mass is 16.2. The fraction of sp³-hybridized carbons (Fsp3) is 0.481. The molecule has 6 heteroatoms. The van der Waals surface area contributed by atoms with Crippen LogP contribution in [0.1, 0.15) is 49.5 Å². The van der Waals surface area contributed by atoms with E-state index in [-0.39, 0.29) is 11.8 Å². The Kier molecular flexibility index (Phi) is 9.31. The third kappa shape index (κ3) is 7.32. The summed E-state index contributed by atoms with van der Waals surface area (Å²) in [5.74, 6) is 0.535. The molecule has 0 unspecified atom stereocenters. The molecule has 2 amide bonds. The van der Waals surface area contributed by atoms with Crippen LogP contribution in [-0.4, -0.2) is 56.0 Å². The smallest absolute Gasteiger partial charge is 0.253 e. The van der Waals surface area contributed by atoms with Crippen LogP contribution < -0.4 is 15.5 Å². The lowest BCUT2D eigenvalue weighted by Gasteiger charge is -2.33. The fourth-order valence-corrected chi connectivity index (χ4v) is 4.27. The van der Waals surface area contributed by atoms with Gasteiger partial charge in [-0.05, 0) is 55.6 Å². The topological polar surface area (TPSA) is 64.7 Å². The minimum atomic E-state index is -0.0892. The first-order chi connectivity index (χ1) is 16.0. The molecule has 0 bridgehead atoms. The molecule has 178 valence electrons. The van der Waals surface area contributed by atoms with Crippen molar-refractivity contribution in [1.82, 2.24) is 10.2 Å². The zero-order valence-electron chi connectivity index (χ0n) is 20.3. The van der Waals surface area contributed by atoms with Crippen molar-refractivity contribution in [2.24, 2.45) is 5.92 Å². The van der Waals surface area contributed by atoms with Gasteiger partial charge in [0.25, 0.3) is 5.91 Å². The zero-order valence-corrected chi connectivity index (χ0v) is 20.3. The van der Waals surface area contributed by atoms with Crippen molar-refractivity contribution < 1.29 is 9.59 Å². The van der Waals surface area contributed by atoms with E-state index in [4.69, 9.17) is 0 Å². The molecule has 2 aromatic carbocycles. The van der Waals surface area contributed by atoms with Crippen molar-refractivity contribution in [2.75, 3.05) is 49.5 Å². The largest absolute Gasteiger partial charge is 0.371 e. The van der Waals surface area contributed by atoms with E-state index in [9.17, 15) is 9.59 Å². The second kappa shape index (κ2) is 12.4. The Labute approximate surface area is 198 Å². The lowest BCUT2D eigenvalue weighted by atomic mass is 9.97. The maximum atomic E-state index is 13.2. The molecular formula is C27H38N4O2. The van der Waals surface area contributed by atoms with Crippen molar-refractivity contribution in [3.63, 3.8) is 0 Å². The first-order valence-corrected chi connectivity index (χ1v) is 12.2. The predicted molar refractivity (Wildman–Crippen MR) is 136 cm³/mol. The standard InChI is InChI=1S/C27H38N4O2/c1-4-30(5-2)18-15-28-27(33)24-20-23(29-26(32)19-22-9-7-6-8-10-22)11-12-25(24)31-16-13-21(3)14-17-31/h6-12,20-21H,4-5,13-19H2,1-3H3,(H,28,33)(H,29,32). The normalized spacial score (nSPS) is 14.4. The summed E-state index contributed by atoms with van der Waals surface area (Å²) in [4.78, 5) is 30.3. The Hall–Kier alpha value is -2.86. The molecule has 33 heavy (non-hydrogen) atoms. The minimum Gasteiger partial charge on any atom is -0.371 e. The first kappa shape index (κ1) is 24.8. The van der Waals surface area contributed by atoms with Crippen LogP contribution in [0, 0.1) is 5.92 Å². The molecule has 0 spiro atoms. The van der Waals surface area contributed by atoms with Gasteiger partial charge >= 0.3 is 0 Å². The van der Waals surface area contributed by atoms with E-state index < -0.39 is 0 Å². The Morgan fingerprint density at radius 3 is 2.39 bits per heavy atom. The first-order valence-electron chi connectivity index (χ1n) is 12.2. The minimum absolute atomic E-state index is 0.0880. The number of likely N-dealkylation sites (N-methyl/N-ethyl adjacent to an activating group) is 1. The quantitative estimate of drug-likeness (QED) is 0.570. The van der Waals surface area contributed by atoms with Gasteiger partial charge in [0.15, 0.2) is 0 Å². The van der Waals surface area contributed by atoms with Crippen LogP contribution in [0.15, 0.2) is 48.5 Å². The van der Waals surface area contributed by atoms with Gasteiger partial charge in [0.1, 0.15) is 0 Å². The maximum absolute atomic E-state index is 13.2. The molecular weight excluding hydrogens is 412 g/mol. The molecule has 0 atom stereocenters. The molecule has 1 aliphatic heterocycles. The van der Waals surface area contributed by atoms with Crippen LogP contribution in [0.2, 0.25) is 0 Å². The van der Waals surface area contributed by atoms with Crippen LogP contribution in [-0.2, 0) is 11.2 Å². The predicted octanol–water partition coefficient (Wildman–Crippen LogP) is 4.18. The number of nitrogens with one attached hydrogen (secondary N) is 2. The highest BCUT2D eigenvalue weighted by Crippen LogP contribution is 2.29. The summed E-state index contributed by atoms with van der Waals surface area (Å²) in [5.41, 5.74) is 3.19.